The predicted molar refractivity (Wildman–Crippen MR) is 77.5 cm³/mol. The average Bonchev–Trinajstić information content (AvgIpc) is 2.96. The van der Waals surface area contributed by atoms with Crippen molar-refractivity contribution in [2.24, 2.45) is 0 Å². The van der Waals surface area contributed by atoms with Crippen LogP contribution in [0.15, 0.2) is 35.9 Å². The van der Waals surface area contributed by atoms with Gasteiger partial charge in [0.25, 0.3) is 5.69 Å². The molecule has 2 rings (SSSR count). The summed E-state index contributed by atoms with van der Waals surface area (Å²) in [5.74, 6) is 0. The molecule has 1 atom stereocenters. The molecule has 0 bridgehead atoms. The molecule has 0 spiro atoms. The van der Waals surface area contributed by atoms with Crippen molar-refractivity contribution in [3.05, 3.63) is 51.6 Å². The van der Waals surface area contributed by atoms with Crippen LogP contribution >= 0.6 is 0 Å². The van der Waals surface area contributed by atoms with Crippen LogP contribution in [0.3, 0.4) is 0 Å². The Balaban J connectivity index is 1.73. The maximum Gasteiger partial charge on any atom is 0.269 e. The smallest absolute Gasteiger partial charge is 0.269 e. The summed E-state index contributed by atoms with van der Waals surface area (Å²) in [6, 6.07) is 6.04. The Bertz CT molecular complexity index is 482. The fourth-order valence-electron chi connectivity index (χ4n) is 2.39. The largest absolute Gasteiger partial charge is 0.387 e. The zero-order chi connectivity index (χ0) is 14.4. The van der Waals surface area contributed by atoms with Gasteiger partial charge in [0, 0.05) is 18.7 Å². The standard InChI is InChI=1S/C15H20N2O3/c18-15(11-16-10-9-12-3-1-2-4-12)13-5-7-14(8-6-13)17(19)20/h3,5-8,15-16,18H,1-2,4,9-11H2. The van der Waals surface area contributed by atoms with Crippen LogP contribution in [0.25, 0.3) is 0 Å². The van der Waals surface area contributed by atoms with Crippen LogP contribution in [-0.2, 0) is 0 Å². The zero-order valence-electron chi connectivity index (χ0n) is 11.4. The molecule has 0 aromatic heterocycles. The number of nitrogens with zero attached hydrogens (tertiary/aromatic N) is 1. The zero-order valence-corrected chi connectivity index (χ0v) is 11.4. The molecule has 0 aliphatic heterocycles. The maximum absolute atomic E-state index is 10.5. The van der Waals surface area contributed by atoms with E-state index in [1.807, 2.05) is 0 Å². The van der Waals surface area contributed by atoms with E-state index in [0.29, 0.717) is 12.1 Å². The third-order valence-corrected chi connectivity index (χ3v) is 3.58. The summed E-state index contributed by atoms with van der Waals surface area (Å²) in [5.41, 5.74) is 2.24. The first-order chi connectivity index (χ1) is 9.66. The number of rotatable bonds is 7. The molecule has 0 amide bonds. The van der Waals surface area contributed by atoms with Crippen molar-refractivity contribution in [1.29, 1.82) is 0 Å². The summed E-state index contributed by atoms with van der Waals surface area (Å²) >= 11 is 0. The summed E-state index contributed by atoms with van der Waals surface area (Å²) in [6.45, 7) is 1.32. The van der Waals surface area contributed by atoms with E-state index in [0.717, 1.165) is 13.0 Å². The monoisotopic (exact) mass is 276 g/mol. The van der Waals surface area contributed by atoms with Crippen molar-refractivity contribution in [2.75, 3.05) is 13.1 Å². The van der Waals surface area contributed by atoms with Crippen molar-refractivity contribution in [3.8, 4) is 0 Å². The van der Waals surface area contributed by atoms with Crippen LogP contribution in [0, 0.1) is 10.1 Å². The van der Waals surface area contributed by atoms with Gasteiger partial charge in [-0.25, -0.2) is 0 Å². The van der Waals surface area contributed by atoms with Crippen LogP contribution in [0.2, 0.25) is 0 Å². The molecule has 20 heavy (non-hydrogen) atoms. The Labute approximate surface area is 118 Å². The number of benzene rings is 1. The van der Waals surface area contributed by atoms with Gasteiger partial charge in [-0.2, -0.15) is 0 Å². The lowest BCUT2D eigenvalue weighted by Crippen LogP contribution is -2.22. The Kier molecular flexibility index (Phi) is 5.26. The van der Waals surface area contributed by atoms with Gasteiger partial charge in [-0.15, -0.1) is 0 Å². The number of aliphatic hydroxyl groups is 1. The van der Waals surface area contributed by atoms with E-state index in [-0.39, 0.29) is 5.69 Å². The highest BCUT2D eigenvalue weighted by Gasteiger charge is 2.10. The Morgan fingerprint density at radius 3 is 2.70 bits per heavy atom. The highest BCUT2D eigenvalue weighted by atomic mass is 16.6. The van der Waals surface area contributed by atoms with Crippen molar-refractivity contribution >= 4 is 5.69 Å². The van der Waals surface area contributed by atoms with E-state index in [9.17, 15) is 15.2 Å². The molecule has 108 valence electrons. The van der Waals surface area contributed by atoms with Crippen molar-refractivity contribution in [1.82, 2.24) is 5.32 Å². The SMILES string of the molecule is O=[N+]([O-])c1ccc(C(O)CNCCC2=CCCC2)cc1. The molecule has 0 radical (unpaired) electrons. The summed E-state index contributed by atoms with van der Waals surface area (Å²) < 4.78 is 0. The number of non-ortho nitro benzene ring substituents is 1. The van der Waals surface area contributed by atoms with Gasteiger partial charge < -0.3 is 10.4 Å². The average molecular weight is 276 g/mol. The number of nitro benzene ring substituents is 1. The first-order valence-electron chi connectivity index (χ1n) is 6.98. The third-order valence-electron chi connectivity index (χ3n) is 3.58. The fraction of sp³-hybridized carbons (Fsp3) is 0.467. The molecular weight excluding hydrogens is 256 g/mol. The van der Waals surface area contributed by atoms with Gasteiger partial charge in [0.1, 0.15) is 0 Å². The topological polar surface area (TPSA) is 75.4 Å². The van der Waals surface area contributed by atoms with Gasteiger partial charge >= 0.3 is 0 Å². The minimum absolute atomic E-state index is 0.0436. The van der Waals surface area contributed by atoms with E-state index in [2.05, 4.69) is 11.4 Å². The van der Waals surface area contributed by atoms with Crippen LogP contribution in [0.4, 0.5) is 5.69 Å². The normalized spacial score (nSPS) is 15.9. The molecule has 1 aliphatic carbocycles. The van der Waals surface area contributed by atoms with Gasteiger partial charge in [-0.3, -0.25) is 10.1 Å². The van der Waals surface area contributed by atoms with Gasteiger partial charge in [0.15, 0.2) is 0 Å². The maximum atomic E-state index is 10.5. The van der Waals surface area contributed by atoms with Crippen molar-refractivity contribution < 1.29 is 10.0 Å². The van der Waals surface area contributed by atoms with Crippen LogP contribution in [0.5, 0.6) is 0 Å². The highest BCUT2D eigenvalue weighted by Crippen LogP contribution is 2.20. The minimum Gasteiger partial charge on any atom is -0.387 e. The summed E-state index contributed by atoms with van der Waals surface area (Å²) in [4.78, 5) is 10.1. The molecule has 5 heteroatoms. The van der Waals surface area contributed by atoms with Gasteiger partial charge in [-0.1, -0.05) is 11.6 Å². The fourth-order valence-corrected chi connectivity index (χ4v) is 2.39. The molecule has 2 N–H and O–H groups in total. The highest BCUT2D eigenvalue weighted by molar-refractivity contribution is 5.33. The van der Waals surface area contributed by atoms with Crippen LogP contribution in [0.1, 0.15) is 37.4 Å². The third kappa shape index (κ3) is 4.15. The molecule has 1 aromatic rings. The second-order valence-electron chi connectivity index (χ2n) is 5.07. The van der Waals surface area contributed by atoms with E-state index in [1.54, 1.807) is 12.1 Å². The molecule has 1 unspecified atom stereocenters. The Morgan fingerprint density at radius 2 is 2.10 bits per heavy atom. The van der Waals surface area contributed by atoms with E-state index in [1.165, 1.54) is 37.0 Å². The summed E-state index contributed by atoms with van der Waals surface area (Å²) in [5, 5.41) is 23.8. The van der Waals surface area contributed by atoms with Gasteiger partial charge in [0.2, 0.25) is 0 Å². The Hall–Kier alpha value is -1.72. The predicted octanol–water partition coefficient (Wildman–Crippen LogP) is 2.72. The lowest BCUT2D eigenvalue weighted by molar-refractivity contribution is -0.384. The second-order valence-corrected chi connectivity index (χ2v) is 5.07. The Morgan fingerprint density at radius 1 is 1.35 bits per heavy atom. The van der Waals surface area contributed by atoms with Crippen molar-refractivity contribution in [3.63, 3.8) is 0 Å². The number of hydrogen-bond acceptors (Lipinski definition) is 4. The van der Waals surface area contributed by atoms with E-state index >= 15 is 0 Å². The quantitative estimate of drug-likeness (QED) is 0.347. The molecule has 1 aromatic carbocycles. The van der Waals surface area contributed by atoms with Crippen molar-refractivity contribution in [2.45, 2.75) is 31.8 Å². The molecular formula is C15H20N2O3. The minimum atomic E-state index is -0.631. The van der Waals surface area contributed by atoms with Crippen LogP contribution in [-0.4, -0.2) is 23.1 Å². The van der Waals surface area contributed by atoms with Gasteiger partial charge in [-0.05, 0) is 49.9 Å². The lowest BCUT2D eigenvalue weighted by atomic mass is 10.1. The molecule has 0 heterocycles. The number of hydrogen-bond donors (Lipinski definition) is 2. The number of nitrogens with one attached hydrogen (secondary N) is 1. The van der Waals surface area contributed by atoms with Crippen LogP contribution < -0.4 is 5.32 Å². The molecule has 0 saturated heterocycles. The number of aliphatic hydroxyl groups excluding tert-OH is 1. The summed E-state index contributed by atoms with van der Waals surface area (Å²) in [7, 11) is 0. The molecule has 5 nitrogen and oxygen atoms in total. The number of nitro groups is 1. The molecule has 0 fully saturated rings. The molecule has 1 aliphatic rings. The summed E-state index contributed by atoms with van der Waals surface area (Å²) in [6.07, 6.45) is 6.36. The second kappa shape index (κ2) is 7.17. The lowest BCUT2D eigenvalue weighted by Gasteiger charge is -2.12. The van der Waals surface area contributed by atoms with E-state index < -0.39 is 11.0 Å². The molecule has 0 saturated carbocycles. The number of allylic oxidation sites excluding steroid dienone is 1. The van der Waals surface area contributed by atoms with E-state index in [4.69, 9.17) is 0 Å². The first-order valence-corrected chi connectivity index (χ1v) is 6.98. The first kappa shape index (κ1) is 14.7. The van der Waals surface area contributed by atoms with Gasteiger partial charge in [0.05, 0.1) is 11.0 Å².